The van der Waals surface area contributed by atoms with Crippen molar-refractivity contribution in [2.45, 2.75) is 26.4 Å². The Morgan fingerprint density at radius 1 is 1.29 bits per heavy atom. The molecule has 0 aliphatic rings. The molecule has 6 heteroatoms. The third-order valence-electron chi connectivity index (χ3n) is 3.49. The van der Waals surface area contributed by atoms with E-state index >= 15 is 0 Å². The van der Waals surface area contributed by atoms with Crippen LogP contribution >= 0.6 is 0 Å². The van der Waals surface area contributed by atoms with Crippen LogP contribution in [0.15, 0.2) is 27.5 Å². The van der Waals surface area contributed by atoms with Gasteiger partial charge in [0.25, 0.3) is 0 Å². The Hall–Kier alpha value is -2.47. The lowest BCUT2D eigenvalue weighted by atomic mass is 10.0. The second kappa shape index (κ2) is 4.82. The van der Waals surface area contributed by atoms with Crippen molar-refractivity contribution < 1.29 is 9.52 Å². The van der Waals surface area contributed by atoms with Gasteiger partial charge < -0.3 is 15.3 Å². The van der Waals surface area contributed by atoms with Gasteiger partial charge in [-0.25, -0.2) is 4.98 Å². The molecular weight excluding hydrogens is 270 g/mol. The molecule has 0 spiro atoms. The van der Waals surface area contributed by atoms with Crippen molar-refractivity contribution in [1.82, 2.24) is 9.97 Å². The summed E-state index contributed by atoms with van der Waals surface area (Å²) in [5.74, 6) is 0.404. The van der Waals surface area contributed by atoms with E-state index in [4.69, 9.17) is 10.2 Å². The monoisotopic (exact) mass is 285 g/mol. The molecule has 0 bridgehead atoms. The number of hydrogen-bond acceptors (Lipinski definition) is 6. The average molecular weight is 285 g/mol. The summed E-state index contributed by atoms with van der Waals surface area (Å²) in [4.78, 5) is 20.8. The first-order valence-corrected chi connectivity index (χ1v) is 6.64. The molecule has 0 fully saturated rings. The van der Waals surface area contributed by atoms with Crippen LogP contribution in [0.25, 0.3) is 22.2 Å². The number of hydrogen-bond donors (Lipinski definition) is 2. The SMILES string of the molecule is CC(C)c1cnc2oc3nc(N)c(CO)cc3c(=O)c2c1. The molecule has 3 heterocycles. The lowest BCUT2D eigenvalue weighted by molar-refractivity contribution is 0.282. The standard InChI is InChI=1S/C15H15N3O3/c1-7(2)8-3-10-12(20)11-4-9(6-19)13(16)18-15(11)21-14(10)17-5-8/h3-5,7,19H,6H2,1-2H3,(H2,16,18). The Kier molecular flexibility index (Phi) is 3.10. The van der Waals surface area contributed by atoms with Crippen LogP contribution in [0.5, 0.6) is 0 Å². The minimum atomic E-state index is -0.281. The highest BCUT2D eigenvalue weighted by Gasteiger charge is 2.14. The molecule has 0 saturated carbocycles. The molecule has 3 N–H and O–H groups in total. The molecule has 6 nitrogen and oxygen atoms in total. The van der Waals surface area contributed by atoms with E-state index in [-0.39, 0.29) is 35.2 Å². The first-order valence-electron chi connectivity index (χ1n) is 6.64. The van der Waals surface area contributed by atoms with E-state index in [0.29, 0.717) is 16.3 Å². The first-order chi connectivity index (χ1) is 10.0. The molecule has 0 aliphatic carbocycles. The van der Waals surface area contributed by atoms with Gasteiger partial charge in [0, 0.05) is 11.8 Å². The summed E-state index contributed by atoms with van der Waals surface area (Å²) in [7, 11) is 0. The Morgan fingerprint density at radius 2 is 2.00 bits per heavy atom. The van der Waals surface area contributed by atoms with E-state index in [9.17, 15) is 9.90 Å². The number of nitrogen functional groups attached to an aromatic ring is 1. The summed E-state index contributed by atoms with van der Waals surface area (Å²) >= 11 is 0. The highest BCUT2D eigenvalue weighted by molar-refractivity contribution is 5.87. The van der Waals surface area contributed by atoms with Crippen molar-refractivity contribution in [3.05, 3.63) is 39.7 Å². The van der Waals surface area contributed by atoms with Gasteiger partial charge in [0.2, 0.25) is 16.9 Å². The molecule has 3 aromatic heterocycles. The molecule has 0 aromatic carbocycles. The lowest BCUT2D eigenvalue weighted by Gasteiger charge is -2.07. The van der Waals surface area contributed by atoms with Gasteiger partial charge >= 0.3 is 0 Å². The fourth-order valence-corrected chi connectivity index (χ4v) is 2.18. The number of nitrogens with zero attached hydrogens (tertiary/aromatic N) is 2. The first kappa shape index (κ1) is 13.5. The molecule has 0 amide bonds. The normalized spacial score (nSPS) is 11.6. The summed E-state index contributed by atoms with van der Waals surface area (Å²) in [5, 5.41) is 9.94. The second-order valence-corrected chi connectivity index (χ2v) is 5.25. The summed E-state index contributed by atoms with van der Waals surface area (Å²) in [6, 6.07) is 3.30. The molecular formula is C15H15N3O3. The molecule has 0 aliphatic heterocycles. The van der Waals surface area contributed by atoms with Crippen molar-refractivity contribution in [2.24, 2.45) is 0 Å². The second-order valence-electron chi connectivity index (χ2n) is 5.25. The van der Waals surface area contributed by atoms with Gasteiger partial charge in [0.15, 0.2) is 0 Å². The van der Waals surface area contributed by atoms with Gasteiger partial charge in [-0.15, -0.1) is 0 Å². The third kappa shape index (κ3) is 2.13. The maximum absolute atomic E-state index is 12.6. The Bertz CT molecular complexity index is 900. The maximum Gasteiger partial charge on any atom is 0.234 e. The van der Waals surface area contributed by atoms with Crippen LogP contribution in [0.2, 0.25) is 0 Å². The zero-order chi connectivity index (χ0) is 15.1. The number of pyridine rings is 2. The minimum absolute atomic E-state index is 0.131. The molecule has 0 atom stereocenters. The molecule has 3 rings (SSSR count). The zero-order valence-corrected chi connectivity index (χ0v) is 11.8. The quantitative estimate of drug-likeness (QED) is 0.697. The van der Waals surface area contributed by atoms with Gasteiger partial charge in [-0.2, -0.15) is 4.98 Å². The third-order valence-corrected chi connectivity index (χ3v) is 3.49. The van der Waals surface area contributed by atoms with Gasteiger partial charge in [-0.3, -0.25) is 4.79 Å². The average Bonchev–Trinajstić information content (AvgIpc) is 2.46. The van der Waals surface area contributed by atoms with Gasteiger partial charge in [0.05, 0.1) is 17.4 Å². The van der Waals surface area contributed by atoms with E-state index in [0.717, 1.165) is 5.56 Å². The summed E-state index contributed by atoms with van der Waals surface area (Å²) in [6.45, 7) is 3.77. The number of rotatable bonds is 2. The fourth-order valence-electron chi connectivity index (χ4n) is 2.18. The number of fused-ring (bicyclic) bond motifs is 2. The van der Waals surface area contributed by atoms with E-state index in [1.807, 2.05) is 13.8 Å². The highest BCUT2D eigenvalue weighted by atomic mass is 16.3. The topological polar surface area (TPSA) is 102 Å². The number of anilines is 1. The number of aromatic nitrogens is 2. The molecule has 3 aromatic rings. The number of aliphatic hydroxyl groups is 1. The smallest absolute Gasteiger partial charge is 0.234 e. The molecule has 108 valence electrons. The van der Waals surface area contributed by atoms with Crippen LogP contribution in [-0.2, 0) is 6.61 Å². The largest absolute Gasteiger partial charge is 0.419 e. The number of nitrogens with two attached hydrogens (primary N) is 1. The molecule has 21 heavy (non-hydrogen) atoms. The van der Waals surface area contributed by atoms with E-state index < -0.39 is 0 Å². The Labute approximate surface area is 120 Å². The van der Waals surface area contributed by atoms with Crippen LogP contribution in [0.1, 0.15) is 30.9 Å². The molecule has 0 unspecified atom stereocenters. The van der Waals surface area contributed by atoms with Crippen molar-refractivity contribution in [1.29, 1.82) is 0 Å². The van der Waals surface area contributed by atoms with Crippen LogP contribution in [-0.4, -0.2) is 15.1 Å². The van der Waals surface area contributed by atoms with E-state index in [1.165, 1.54) is 6.07 Å². The van der Waals surface area contributed by atoms with E-state index in [2.05, 4.69) is 9.97 Å². The van der Waals surface area contributed by atoms with E-state index in [1.54, 1.807) is 12.3 Å². The van der Waals surface area contributed by atoms with Crippen molar-refractivity contribution in [2.75, 3.05) is 5.73 Å². The van der Waals surface area contributed by atoms with Crippen molar-refractivity contribution in [3.8, 4) is 0 Å². The predicted molar refractivity (Wildman–Crippen MR) is 80.0 cm³/mol. The Morgan fingerprint density at radius 3 is 2.67 bits per heavy atom. The zero-order valence-electron chi connectivity index (χ0n) is 11.8. The summed E-state index contributed by atoms with van der Waals surface area (Å²) in [6.07, 6.45) is 1.69. The van der Waals surface area contributed by atoms with Crippen LogP contribution in [0, 0.1) is 0 Å². The summed E-state index contributed by atoms with van der Waals surface area (Å²) < 4.78 is 5.56. The van der Waals surface area contributed by atoms with Gasteiger partial charge in [0.1, 0.15) is 5.82 Å². The predicted octanol–water partition coefficient (Wildman–Crippen LogP) is 1.93. The van der Waals surface area contributed by atoms with Crippen LogP contribution in [0.3, 0.4) is 0 Å². The summed E-state index contributed by atoms with van der Waals surface area (Å²) in [5.41, 5.74) is 7.21. The van der Waals surface area contributed by atoms with Gasteiger partial charge in [-0.1, -0.05) is 13.8 Å². The molecule has 0 radical (unpaired) electrons. The highest BCUT2D eigenvalue weighted by Crippen LogP contribution is 2.22. The van der Waals surface area contributed by atoms with Crippen molar-refractivity contribution >= 4 is 28.0 Å². The minimum Gasteiger partial charge on any atom is -0.419 e. The molecule has 0 saturated heterocycles. The fraction of sp³-hybridized carbons (Fsp3) is 0.267. The van der Waals surface area contributed by atoms with Gasteiger partial charge in [-0.05, 0) is 23.6 Å². The lowest BCUT2D eigenvalue weighted by Crippen LogP contribution is -2.08. The Balaban J connectivity index is 2.41. The number of aliphatic hydroxyl groups excluding tert-OH is 1. The maximum atomic E-state index is 12.6. The van der Waals surface area contributed by atoms with Crippen LogP contribution < -0.4 is 11.2 Å². The van der Waals surface area contributed by atoms with Crippen molar-refractivity contribution in [3.63, 3.8) is 0 Å². The van der Waals surface area contributed by atoms with Crippen LogP contribution in [0.4, 0.5) is 5.82 Å².